The SMILES string of the molecule is CCc1ccc(-n2ccc(=O)c(-c3nc(-c4cccc(OC)c4OC)no3)n2)cc1. The Morgan fingerprint density at radius 3 is 2.53 bits per heavy atom. The Morgan fingerprint density at radius 1 is 1.03 bits per heavy atom. The molecule has 0 spiro atoms. The first-order valence-corrected chi connectivity index (χ1v) is 9.39. The second-order valence-corrected chi connectivity index (χ2v) is 6.46. The molecule has 0 amide bonds. The van der Waals surface area contributed by atoms with Crippen LogP contribution in [0.5, 0.6) is 11.5 Å². The molecular weight excluding hydrogens is 384 g/mol. The second kappa shape index (κ2) is 8.20. The van der Waals surface area contributed by atoms with Crippen LogP contribution < -0.4 is 14.9 Å². The number of aromatic nitrogens is 4. The first kappa shape index (κ1) is 19.4. The molecule has 0 N–H and O–H groups in total. The Morgan fingerprint density at radius 2 is 1.83 bits per heavy atom. The summed E-state index contributed by atoms with van der Waals surface area (Å²) in [4.78, 5) is 16.8. The van der Waals surface area contributed by atoms with E-state index in [0.717, 1.165) is 12.1 Å². The van der Waals surface area contributed by atoms with Gasteiger partial charge in [-0.05, 0) is 36.2 Å². The molecule has 0 bridgehead atoms. The molecule has 0 atom stereocenters. The number of ether oxygens (including phenoxy) is 2. The van der Waals surface area contributed by atoms with Gasteiger partial charge < -0.3 is 14.0 Å². The number of rotatable bonds is 6. The van der Waals surface area contributed by atoms with Gasteiger partial charge in [0, 0.05) is 12.3 Å². The Kier molecular flexibility index (Phi) is 5.30. The van der Waals surface area contributed by atoms with Crippen molar-refractivity contribution in [1.82, 2.24) is 19.9 Å². The van der Waals surface area contributed by atoms with Crippen molar-refractivity contribution in [2.45, 2.75) is 13.3 Å². The molecule has 2 aromatic carbocycles. The van der Waals surface area contributed by atoms with Gasteiger partial charge >= 0.3 is 0 Å². The van der Waals surface area contributed by atoms with E-state index in [1.165, 1.54) is 18.7 Å². The lowest BCUT2D eigenvalue weighted by Gasteiger charge is -2.09. The van der Waals surface area contributed by atoms with Crippen molar-refractivity contribution in [3.05, 3.63) is 70.5 Å². The minimum atomic E-state index is -0.316. The monoisotopic (exact) mass is 404 g/mol. The first-order valence-electron chi connectivity index (χ1n) is 9.39. The van der Waals surface area contributed by atoms with E-state index in [1.54, 1.807) is 36.2 Å². The van der Waals surface area contributed by atoms with E-state index in [4.69, 9.17) is 14.0 Å². The molecule has 0 unspecified atom stereocenters. The van der Waals surface area contributed by atoms with E-state index in [0.29, 0.717) is 17.1 Å². The molecular formula is C22H20N4O4. The molecule has 152 valence electrons. The summed E-state index contributed by atoms with van der Waals surface area (Å²) in [7, 11) is 3.08. The van der Waals surface area contributed by atoms with Crippen LogP contribution in [0.1, 0.15) is 12.5 Å². The lowest BCUT2D eigenvalue weighted by Crippen LogP contribution is -2.12. The average molecular weight is 404 g/mol. The van der Waals surface area contributed by atoms with E-state index >= 15 is 0 Å². The van der Waals surface area contributed by atoms with Crippen LogP contribution in [0.4, 0.5) is 0 Å². The molecule has 0 aliphatic carbocycles. The van der Waals surface area contributed by atoms with Crippen molar-refractivity contribution in [3.63, 3.8) is 0 Å². The smallest absolute Gasteiger partial charge is 0.282 e. The first-order chi connectivity index (χ1) is 14.6. The topological polar surface area (TPSA) is 92.3 Å². The van der Waals surface area contributed by atoms with Crippen LogP contribution in [0.2, 0.25) is 0 Å². The number of benzene rings is 2. The van der Waals surface area contributed by atoms with Crippen molar-refractivity contribution in [2.75, 3.05) is 14.2 Å². The maximum absolute atomic E-state index is 12.4. The van der Waals surface area contributed by atoms with Gasteiger partial charge in [-0.3, -0.25) is 4.79 Å². The average Bonchev–Trinajstić information content (AvgIpc) is 3.28. The lowest BCUT2D eigenvalue weighted by atomic mass is 10.1. The summed E-state index contributed by atoms with van der Waals surface area (Å²) >= 11 is 0. The zero-order chi connectivity index (χ0) is 21.1. The summed E-state index contributed by atoms with van der Waals surface area (Å²) in [5.74, 6) is 1.31. The summed E-state index contributed by atoms with van der Waals surface area (Å²) in [6.45, 7) is 2.09. The summed E-state index contributed by atoms with van der Waals surface area (Å²) in [6, 6.07) is 14.7. The zero-order valence-electron chi connectivity index (χ0n) is 16.8. The predicted molar refractivity (Wildman–Crippen MR) is 111 cm³/mol. The summed E-state index contributed by atoms with van der Waals surface area (Å²) < 4.78 is 17.7. The fourth-order valence-electron chi connectivity index (χ4n) is 3.08. The van der Waals surface area contributed by atoms with Crippen molar-refractivity contribution in [3.8, 4) is 40.2 Å². The van der Waals surface area contributed by atoms with Gasteiger partial charge in [-0.2, -0.15) is 10.1 Å². The zero-order valence-corrected chi connectivity index (χ0v) is 16.8. The van der Waals surface area contributed by atoms with Gasteiger partial charge in [0.15, 0.2) is 17.2 Å². The minimum absolute atomic E-state index is 0.0272. The van der Waals surface area contributed by atoms with Crippen molar-refractivity contribution in [1.29, 1.82) is 0 Å². The largest absolute Gasteiger partial charge is 0.493 e. The van der Waals surface area contributed by atoms with Gasteiger partial charge in [-0.25, -0.2) is 4.68 Å². The highest BCUT2D eigenvalue weighted by Gasteiger charge is 2.20. The van der Waals surface area contributed by atoms with Gasteiger partial charge in [0.25, 0.3) is 5.89 Å². The molecule has 8 nitrogen and oxygen atoms in total. The molecule has 2 aromatic heterocycles. The highest BCUT2D eigenvalue weighted by Crippen LogP contribution is 2.36. The molecule has 0 aliphatic heterocycles. The third-order valence-electron chi connectivity index (χ3n) is 4.69. The number of nitrogens with zero attached hydrogens (tertiary/aromatic N) is 4. The fraction of sp³-hybridized carbons (Fsp3) is 0.182. The fourth-order valence-corrected chi connectivity index (χ4v) is 3.08. The van der Waals surface area contributed by atoms with Crippen LogP contribution >= 0.6 is 0 Å². The van der Waals surface area contributed by atoms with E-state index in [-0.39, 0.29) is 22.8 Å². The molecule has 4 aromatic rings. The van der Waals surface area contributed by atoms with Gasteiger partial charge in [0.2, 0.25) is 11.3 Å². The van der Waals surface area contributed by atoms with Crippen LogP contribution in [0.25, 0.3) is 28.7 Å². The Balaban J connectivity index is 1.74. The molecule has 0 saturated carbocycles. The molecule has 30 heavy (non-hydrogen) atoms. The van der Waals surface area contributed by atoms with Crippen molar-refractivity contribution in [2.24, 2.45) is 0 Å². The second-order valence-electron chi connectivity index (χ2n) is 6.46. The van der Waals surface area contributed by atoms with Crippen molar-refractivity contribution < 1.29 is 14.0 Å². The molecule has 0 radical (unpaired) electrons. The van der Waals surface area contributed by atoms with Crippen molar-refractivity contribution >= 4 is 0 Å². The number of hydrogen-bond donors (Lipinski definition) is 0. The summed E-state index contributed by atoms with van der Waals surface area (Å²) in [6.07, 6.45) is 2.55. The molecule has 0 saturated heterocycles. The third-order valence-corrected chi connectivity index (χ3v) is 4.69. The van der Waals surface area contributed by atoms with Gasteiger partial charge in [-0.1, -0.05) is 30.3 Å². The van der Waals surface area contributed by atoms with Gasteiger partial charge in [-0.15, -0.1) is 0 Å². The van der Waals surface area contributed by atoms with Crippen LogP contribution in [0.3, 0.4) is 0 Å². The van der Waals surface area contributed by atoms with Crippen LogP contribution in [0, 0.1) is 0 Å². The molecule has 2 heterocycles. The Labute approximate surface area is 172 Å². The normalized spacial score (nSPS) is 10.8. The number of para-hydroxylation sites is 1. The van der Waals surface area contributed by atoms with E-state index in [2.05, 4.69) is 22.2 Å². The molecule has 0 fully saturated rings. The Hall–Kier alpha value is -3.94. The summed E-state index contributed by atoms with van der Waals surface area (Å²) in [5, 5.41) is 8.41. The predicted octanol–water partition coefficient (Wildman–Crippen LogP) is 3.53. The quantitative estimate of drug-likeness (QED) is 0.485. The number of aryl methyl sites for hydroxylation is 1. The lowest BCUT2D eigenvalue weighted by molar-refractivity contribution is 0.355. The third kappa shape index (κ3) is 3.55. The summed E-state index contributed by atoms with van der Waals surface area (Å²) in [5.41, 5.74) is 2.37. The maximum Gasteiger partial charge on any atom is 0.282 e. The number of hydrogen-bond acceptors (Lipinski definition) is 7. The van der Waals surface area contributed by atoms with Crippen LogP contribution in [0.15, 0.2) is 64.0 Å². The Bertz CT molecular complexity index is 1230. The van der Waals surface area contributed by atoms with E-state index in [9.17, 15) is 4.79 Å². The van der Waals surface area contributed by atoms with Crippen LogP contribution in [-0.4, -0.2) is 34.1 Å². The van der Waals surface area contributed by atoms with Crippen LogP contribution in [-0.2, 0) is 6.42 Å². The highest BCUT2D eigenvalue weighted by atomic mass is 16.5. The number of methoxy groups -OCH3 is 2. The van der Waals surface area contributed by atoms with E-state index in [1.807, 2.05) is 24.3 Å². The minimum Gasteiger partial charge on any atom is -0.493 e. The maximum atomic E-state index is 12.4. The van der Waals surface area contributed by atoms with E-state index < -0.39 is 0 Å². The molecule has 0 aliphatic rings. The van der Waals surface area contributed by atoms with Gasteiger partial charge in [0.1, 0.15) is 0 Å². The highest BCUT2D eigenvalue weighted by molar-refractivity contribution is 5.69. The van der Waals surface area contributed by atoms with Gasteiger partial charge in [0.05, 0.1) is 25.5 Å². The standard InChI is InChI=1S/C22H20N4O4/c1-4-14-8-10-15(11-9-14)26-13-12-17(27)19(24-26)22-23-21(25-30-22)16-6-5-7-18(28-2)20(16)29-3/h5-13H,4H2,1-3H3. The molecule has 8 heteroatoms. The molecule has 4 rings (SSSR count).